The summed E-state index contributed by atoms with van der Waals surface area (Å²) in [6, 6.07) is 2.76. The molecule has 1 aromatic carbocycles. The Morgan fingerprint density at radius 3 is 2.92 bits per heavy atom. The zero-order valence-corrected chi connectivity index (χ0v) is 8.25. The molecule has 0 unspecified atom stereocenters. The summed E-state index contributed by atoms with van der Waals surface area (Å²) in [7, 11) is 0. The molecule has 0 aliphatic heterocycles. The second-order valence-corrected chi connectivity index (χ2v) is 4.15. The van der Waals surface area contributed by atoms with E-state index >= 15 is 0 Å². The van der Waals surface area contributed by atoms with Crippen LogP contribution in [0, 0.1) is 5.82 Å². The van der Waals surface area contributed by atoms with Gasteiger partial charge in [0.15, 0.2) is 11.6 Å². The van der Waals surface area contributed by atoms with Gasteiger partial charge in [-0.1, -0.05) is 0 Å². The highest BCUT2D eigenvalue weighted by Crippen LogP contribution is 2.33. The molecule has 4 heteroatoms. The van der Waals surface area contributed by atoms with E-state index in [1.165, 1.54) is 23.5 Å². The molecule has 0 fully saturated rings. The van der Waals surface area contributed by atoms with Gasteiger partial charge in [-0.05, 0) is 22.0 Å². The van der Waals surface area contributed by atoms with E-state index in [0.717, 1.165) is 14.6 Å². The second kappa shape index (κ2) is 2.71. The molecule has 0 radical (unpaired) electrons. The number of fused-ring (bicyclic) bond motifs is 1. The van der Waals surface area contributed by atoms with Crippen molar-refractivity contribution in [1.82, 2.24) is 0 Å². The van der Waals surface area contributed by atoms with Crippen LogP contribution in [0.5, 0.6) is 5.75 Å². The van der Waals surface area contributed by atoms with E-state index in [9.17, 15) is 4.39 Å². The Hall–Kier alpha value is -0.610. The van der Waals surface area contributed by atoms with Crippen LogP contribution in [0.3, 0.4) is 0 Å². The van der Waals surface area contributed by atoms with Crippen molar-refractivity contribution in [3.05, 3.63) is 27.8 Å². The maximum Gasteiger partial charge on any atom is 0.165 e. The molecule has 0 aliphatic carbocycles. The molecule has 0 aliphatic rings. The summed E-state index contributed by atoms with van der Waals surface area (Å²) in [5, 5.41) is 11.7. The number of phenols is 1. The van der Waals surface area contributed by atoms with Crippen molar-refractivity contribution in [3.63, 3.8) is 0 Å². The Bertz CT molecular complexity index is 438. The van der Waals surface area contributed by atoms with E-state index in [-0.39, 0.29) is 5.75 Å². The van der Waals surface area contributed by atoms with Crippen LogP contribution >= 0.6 is 27.3 Å². The lowest BCUT2D eigenvalue weighted by Crippen LogP contribution is -1.74. The molecule has 2 rings (SSSR count). The summed E-state index contributed by atoms with van der Waals surface area (Å²) in [5.74, 6) is -0.876. The molecule has 0 spiro atoms. The van der Waals surface area contributed by atoms with Crippen molar-refractivity contribution in [2.75, 3.05) is 0 Å². The van der Waals surface area contributed by atoms with Crippen molar-refractivity contribution in [2.24, 2.45) is 0 Å². The van der Waals surface area contributed by atoms with Crippen LogP contribution in [0.1, 0.15) is 0 Å². The van der Waals surface area contributed by atoms with Gasteiger partial charge in [-0.3, -0.25) is 0 Å². The van der Waals surface area contributed by atoms with Gasteiger partial charge in [0.25, 0.3) is 0 Å². The molecule has 1 nitrogen and oxygen atoms in total. The van der Waals surface area contributed by atoms with Crippen molar-refractivity contribution in [3.8, 4) is 5.75 Å². The normalized spacial score (nSPS) is 10.8. The molecule has 0 saturated carbocycles. The predicted molar refractivity (Wildman–Crippen MR) is 51.1 cm³/mol. The van der Waals surface area contributed by atoms with Crippen molar-refractivity contribution in [2.45, 2.75) is 0 Å². The van der Waals surface area contributed by atoms with Gasteiger partial charge in [-0.15, -0.1) is 11.3 Å². The van der Waals surface area contributed by atoms with E-state index in [4.69, 9.17) is 5.11 Å². The summed E-state index contributed by atoms with van der Waals surface area (Å²) in [4.78, 5) is 0. The first-order valence-electron chi connectivity index (χ1n) is 3.23. The first kappa shape index (κ1) is 8.01. The predicted octanol–water partition coefficient (Wildman–Crippen LogP) is 3.51. The van der Waals surface area contributed by atoms with E-state index in [1.54, 1.807) is 0 Å². The Balaban J connectivity index is 2.87. The number of hydrogen-bond donors (Lipinski definition) is 1. The zero-order chi connectivity index (χ0) is 8.72. The summed E-state index contributed by atoms with van der Waals surface area (Å²) in [6.07, 6.45) is 0. The zero-order valence-electron chi connectivity index (χ0n) is 5.84. The molecular weight excluding hydrogens is 243 g/mol. The van der Waals surface area contributed by atoms with Gasteiger partial charge in [0.05, 0.1) is 0 Å². The number of benzene rings is 1. The molecular formula is C8H4BrFOS. The maximum atomic E-state index is 12.8. The number of halogens is 2. The highest BCUT2D eigenvalue weighted by molar-refractivity contribution is 9.10. The molecule has 1 N–H and O–H groups in total. The van der Waals surface area contributed by atoms with Crippen LogP contribution < -0.4 is 0 Å². The third kappa shape index (κ3) is 1.11. The van der Waals surface area contributed by atoms with Crippen LogP contribution in [-0.4, -0.2) is 5.11 Å². The fourth-order valence-electron chi connectivity index (χ4n) is 1.01. The molecule has 1 heterocycles. The highest BCUT2D eigenvalue weighted by Gasteiger charge is 2.06. The van der Waals surface area contributed by atoms with Gasteiger partial charge in [0.1, 0.15) is 0 Å². The summed E-state index contributed by atoms with van der Waals surface area (Å²) >= 11 is 4.75. The number of aromatic hydroxyl groups is 1. The van der Waals surface area contributed by atoms with Gasteiger partial charge < -0.3 is 5.11 Å². The first-order chi connectivity index (χ1) is 5.68. The van der Waals surface area contributed by atoms with E-state index in [2.05, 4.69) is 15.9 Å². The van der Waals surface area contributed by atoms with Gasteiger partial charge in [-0.2, -0.15) is 0 Å². The van der Waals surface area contributed by atoms with Gasteiger partial charge >= 0.3 is 0 Å². The maximum absolute atomic E-state index is 12.8. The summed E-state index contributed by atoms with van der Waals surface area (Å²) in [5.41, 5.74) is 0. The third-order valence-corrected chi connectivity index (χ3v) is 3.50. The molecule has 0 amide bonds. The van der Waals surface area contributed by atoms with Gasteiger partial charge in [0, 0.05) is 26.0 Å². The lowest BCUT2D eigenvalue weighted by molar-refractivity contribution is 0.434. The highest BCUT2D eigenvalue weighted by atomic mass is 79.9. The average Bonchev–Trinajstić information content (AvgIpc) is 2.35. The fraction of sp³-hybridized carbons (Fsp3) is 0. The quantitative estimate of drug-likeness (QED) is 0.755. The first-order valence-corrected chi connectivity index (χ1v) is 4.91. The van der Waals surface area contributed by atoms with Crippen LogP contribution in [0.15, 0.2) is 22.0 Å². The summed E-state index contributed by atoms with van der Waals surface area (Å²) in [6.45, 7) is 0. The fourth-order valence-corrected chi connectivity index (χ4v) is 2.58. The molecule has 0 saturated heterocycles. The number of rotatable bonds is 0. The number of thiophene rings is 1. The standard InChI is InChI=1S/C8H4BrFOS/c9-5-3-12-8-2-7(11)6(10)1-4(5)8/h1-3,11H. The molecule has 12 heavy (non-hydrogen) atoms. The molecule has 0 bridgehead atoms. The SMILES string of the molecule is Oc1cc2scc(Br)c2cc1F. The van der Waals surface area contributed by atoms with Crippen LogP contribution in [0.2, 0.25) is 0 Å². The van der Waals surface area contributed by atoms with Crippen LogP contribution in [0.4, 0.5) is 4.39 Å². The minimum absolute atomic E-state index is 0.295. The number of phenolic OH excluding ortho intramolecular Hbond substituents is 1. The average molecular weight is 247 g/mol. The van der Waals surface area contributed by atoms with Gasteiger partial charge in [0.2, 0.25) is 0 Å². The lowest BCUT2D eigenvalue weighted by atomic mass is 10.2. The Kier molecular flexibility index (Phi) is 1.81. The third-order valence-electron chi connectivity index (χ3n) is 1.60. The van der Waals surface area contributed by atoms with Crippen LogP contribution in [0.25, 0.3) is 10.1 Å². The van der Waals surface area contributed by atoms with Crippen molar-refractivity contribution >= 4 is 37.4 Å². The number of hydrogen-bond acceptors (Lipinski definition) is 2. The molecule has 0 atom stereocenters. The monoisotopic (exact) mass is 246 g/mol. The minimum atomic E-state index is -0.582. The minimum Gasteiger partial charge on any atom is -0.505 e. The largest absolute Gasteiger partial charge is 0.505 e. The lowest BCUT2D eigenvalue weighted by Gasteiger charge is -1.94. The van der Waals surface area contributed by atoms with Crippen molar-refractivity contribution < 1.29 is 9.50 Å². The molecule has 62 valence electrons. The van der Waals surface area contributed by atoms with Crippen molar-refractivity contribution in [1.29, 1.82) is 0 Å². The van der Waals surface area contributed by atoms with Crippen LogP contribution in [-0.2, 0) is 0 Å². The van der Waals surface area contributed by atoms with Gasteiger partial charge in [-0.25, -0.2) is 4.39 Å². The topological polar surface area (TPSA) is 20.2 Å². The Morgan fingerprint density at radius 2 is 2.17 bits per heavy atom. The Morgan fingerprint density at radius 1 is 1.42 bits per heavy atom. The molecule has 1 aromatic heterocycles. The Labute approximate surface area is 80.6 Å². The second-order valence-electron chi connectivity index (χ2n) is 2.38. The summed E-state index contributed by atoms with van der Waals surface area (Å²) < 4.78 is 14.6. The smallest absolute Gasteiger partial charge is 0.165 e. The van der Waals surface area contributed by atoms with E-state index in [0.29, 0.717) is 0 Å². The molecule has 2 aromatic rings. The van der Waals surface area contributed by atoms with E-state index in [1.807, 2.05) is 5.38 Å². The van der Waals surface area contributed by atoms with E-state index < -0.39 is 5.82 Å².